The van der Waals surface area contributed by atoms with E-state index in [1.807, 2.05) is 0 Å². The standard InChI is InChI=1S/C27H39N3/c1-3-4-5-6-7-20(2)23-28-24(26-14-8-21(9-15-26)10-16-26)30-25(29-23)27-17-11-22(12-18-27)13-19-27/h3-4,7,21-22H,5-6,8-19H2,1-2H3/b4-3-,20-7+. The van der Waals surface area contributed by atoms with E-state index in [4.69, 9.17) is 15.0 Å². The highest BCUT2D eigenvalue weighted by Crippen LogP contribution is 2.53. The van der Waals surface area contributed by atoms with Crippen molar-refractivity contribution in [3.63, 3.8) is 0 Å². The molecule has 1 heterocycles. The molecule has 6 saturated carbocycles. The number of hydrogen-bond acceptors (Lipinski definition) is 3. The molecule has 7 rings (SSSR count). The molecule has 0 spiro atoms. The highest BCUT2D eigenvalue weighted by atomic mass is 15.1. The molecule has 0 unspecified atom stereocenters. The van der Waals surface area contributed by atoms with Crippen molar-refractivity contribution >= 4 is 5.57 Å². The van der Waals surface area contributed by atoms with E-state index in [9.17, 15) is 0 Å². The second-order valence-corrected chi connectivity index (χ2v) is 10.9. The van der Waals surface area contributed by atoms with Gasteiger partial charge in [-0.1, -0.05) is 18.2 Å². The van der Waals surface area contributed by atoms with Crippen molar-refractivity contribution in [1.29, 1.82) is 0 Å². The Labute approximate surface area is 182 Å². The Kier molecular flexibility index (Phi) is 5.58. The van der Waals surface area contributed by atoms with Crippen LogP contribution in [-0.2, 0) is 10.8 Å². The lowest BCUT2D eigenvalue weighted by Crippen LogP contribution is -2.42. The third-order valence-corrected chi connectivity index (χ3v) is 9.14. The molecule has 6 fully saturated rings. The molecule has 0 radical (unpaired) electrons. The van der Waals surface area contributed by atoms with Crippen LogP contribution < -0.4 is 0 Å². The molecule has 6 aliphatic carbocycles. The quantitative estimate of drug-likeness (QED) is 0.375. The first-order chi connectivity index (χ1) is 14.6. The summed E-state index contributed by atoms with van der Waals surface area (Å²) in [7, 11) is 0. The Morgan fingerprint density at radius 1 is 0.767 bits per heavy atom. The molecule has 30 heavy (non-hydrogen) atoms. The SMILES string of the molecule is C/C=C\CC/C=C(\C)c1nc(C23CCC(CC2)CC3)nc(C23CCC(CC2)CC3)n1. The van der Waals surface area contributed by atoms with Crippen LogP contribution in [-0.4, -0.2) is 15.0 Å². The van der Waals surface area contributed by atoms with E-state index in [0.717, 1.165) is 42.2 Å². The van der Waals surface area contributed by atoms with E-state index in [2.05, 4.69) is 32.1 Å². The summed E-state index contributed by atoms with van der Waals surface area (Å²) in [6, 6.07) is 0. The lowest BCUT2D eigenvalue weighted by Gasteiger charge is -2.47. The third kappa shape index (κ3) is 3.67. The summed E-state index contributed by atoms with van der Waals surface area (Å²) in [5, 5.41) is 0. The van der Waals surface area contributed by atoms with Crippen LogP contribution in [0.2, 0.25) is 0 Å². The van der Waals surface area contributed by atoms with Crippen LogP contribution in [0, 0.1) is 11.8 Å². The first-order valence-electron chi connectivity index (χ1n) is 12.7. The monoisotopic (exact) mass is 405 g/mol. The molecule has 0 saturated heterocycles. The van der Waals surface area contributed by atoms with Crippen molar-refractivity contribution in [2.75, 3.05) is 0 Å². The van der Waals surface area contributed by atoms with E-state index in [-0.39, 0.29) is 10.8 Å². The van der Waals surface area contributed by atoms with E-state index in [0.29, 0.717) is 0 Å². The average molecular weight is 406 g/mol. The Balaban J connectivity index is 1.53. The smallest absolute Gasteiger partial charge is 0.158 e. The summed E-state index contributed by atoms with van der Waals surface area (Å²) in [5.74, 6) is 5.22. The molecule has 4 bridgehead atoms. The predicted molar refractivity (Wildman–Crippen MR) is 123 cm³/mol. The summed E-state index contributed by atoms with van der Waals surface area (Å²) in [6.45, 7) is 4.31. The van der Waals surface area contributed by atoms with Gasteiger partial charge in [0.2, 0.25) is 0 Å². The van der Waals surface area contributed by atoms with Gasteiger partial charge in [0, 0.05) is 10.8 Å². The van der Waals surface area contributed by atoms with E-state index < -0.39 is 0 Å². The van der Waals surface area contributed by atoms with Crippen LogP contribution in [0.5, 0.6) is 0 Å². The maximum Gasteiger partial charge on any atom is 0.158 e. The summed E-state index contributed by atoms with van der Waals surface area (Å²) >= 11 is 0. The van der Waals surface area contributed by atoms with Gasteiger partial charge in [-0.2, -0.15) is 0 Å². The van der Waals surface area contributed by atoms with Gasteiger partial charge >= 0.3 is 0 Å². The summed E-state index contributed by atoms with van der Waals surface area (Å²) < 4.78 is 0. The molecular weight excluding hydrogens is 366 g/mol. The van der Waals surface area contributed by atoms with Gasteiger partial charge in [-0.05, 0) is 121 Å². The largest absolute Gasteiger partial charge is 0.217 e. The maximum atomic E-state index is 5.35. The summed E-state index contributed by atoms with van der Waals surface area (Å²) in [4.78, 5) is 15.7. The summed E-state index contributed by atoms with van der Waals surface area (Å²) in [6.07, 6.45) is 24.9. The normalized spacial score (nSPS) is 36.0. The third-order valence-electron chi connectivity index (χ3n) is 9.14. The minimum absolute atomic E-state index is 0.231. The van der Waals surface area contributed by atoms with E-state index >= 15 is 0 Å². The molecule has 3 nitrogen and oxygen atoms in total. The fourth-order valence-electron chi connectivity index (χ4n) is 6.85. The second-order valence-electron chi connectivity index (χ2n) is 10.9. The van der Waals surface area contributed by atoms with Crippen LogP contribution in [0.15, 0.2) is 18.2 Å². The molecule has 0 aromatic carbocycles. The fraction of sp³-hybridized carbons (Fsp3) is 0.741. The lowest BCUT2D eigenvalue weighted by atomic mass is 9.59. The summed E-state index contributed by atoms with van der Waals surface area (Å²) in [5.41, 5.74) is 1.70. The highest BCUT2D eigenvalue weighted by Gasteiger charge is 2.47. The number of hydrogen-bond donors (Lipinski definition) is 0. The number of nitrogens with zero attached hydrogens (tertiary/aromatic N) is 3. The van der Waals surface area contributed by atoms with Crippen LogP contribution in [0.4, 0.5) is 0 Å². The number of rotatable bonds is 6. The molecular formula is C27H39N3. The molecule has 0 atom stereocenters. The van der Waals surface area contributed by atoms with Gasteiger partial charge < -0.3 is 0 Å². The molecule has 162 valence electrons. The van der Waals surface area contributed by atoms with Gasteiger partial charge in [0.1, 0.15) is 11.6 Å². The molecule has 0 amide bonds. The number of allylic oxidation sites excluding steroid dienone is 4. The Bertz CT molecular complexity index is 743. The van der Waals surface area contributed by atoms with Crippen molar-refractivity contribution in [1.82, 2.24) is 15.0 Å². The predicted octanol–water partition coefficient (Wildman–Crippen LogP) is 7.07. The Morgan fingerprint density at radius 2 is 1.23 bits per heavy atom. The second kappa shape index (κ2) is 8.20. The minimum atomic E-state index is 0.231. The number of unbranched alkanes of at least 4 members (excludes halogenated alkanes) is 1. The van der Waals surface area contributed by atoms with E-state index in [1.165, 1.54) is 82.6 Å². The van der Waals surface area contributed by atoms with Gasteiger partial charge in [-0.3, -0.25) is 0 Å². The molecule has 0 N–H and O–H groups in total. The molecule has 1 aromatic heterocycles. The van der Waals surface area contributed by atoms with Crippen LogP contribution in [0.25, 0.3) is 5.57 Å². The van der Waals surface area contributed by atoms with Crippen molar-refractivity contribution in [2.45, 2.75) is 115 Å². The molecule has 3 heteroatoms. The highest BCUT2D eigenvalue weighted by molar-refractivity contribution is 5.57. The van der Waals surface area contributed by atoms with Crippen molar-refractivity contribution < 1.29 is 0 Å². The Hall–Kier alpha value is -1.51. The van der Waals surface area contributed by atoms with Gasteiger partial charge in [-0.25, -0.2) is 15.0 Å². The van der Waals surface area contributed by atoms with E-state index in [1.54, 1.807) is 0 Å². The van der Waals surface area contributed by atoms with Crippen LogP contribution in [0.3, 0.4) is 0 Å². The topological polar surface area (TPSA) is 38.7 Å². The van der Waals surface area contributed by atoms with Crippen molar-refractivity contribution in [3.05, 3.63) is 35.7 Å². The zero-order valence-electron chi connectivity index (χ0n) is 19.1. The average Bonchev–Trinajstić information content (AvgIpc) is 2.84. The van der Waals surface area contributed by atoms with Crippen molar-refractivity contribution in [3.8, 4) is 0 Å². The maximum absolute atomic E-state index is 5.35. The number of aromatic nitrogens is 3. The molecule has 1 aromatic rings. The minimum Gasteiger partial charge on any atom is -0.217 e. The van der Waals surface area contributed by atoms with Crippen molar-refractivity contribution in [2.24, 2.45) is 11.8 Å². The van der Waals surface area contributed by atoms with Gasteiger partial charge in [-0.15, -0.1) is 0 Å². The number of fused-ring (bicyclic) bond motifs is 6. The van der Waals surface area contributed by atoms with Crippen LogP contribution >= 0.6 is 0 Å². The first kappa shape index (κ1) is 20.4. The Morgan fingerprint density at radius 3 is 1.67 bits per heavy atom. The van der Waals surface area contributed by atoms with Gasteiger partial charge in [0.25, 0.3) is 0 Å². The molecule has 6 aliphatic rings. The van der Waals surface area contributed by atoms with Gasteiger partial charge in [0.15, 0.2) is 5.82 Å². The lowest BCUT2D eigenvalue weighted by molar-refractivity contribution is 0.117. The molecule has 0 aliphatic heterocycles. The van der Waals surface area contributed by atoms with Crippen LogP contribution in [0.1, 0.15) is 121 Å². The first-order valence-corrected chi connectivity index (χ1v) is 12.7. The fourth-order valence-corrected chi connectivity index (χ4v) is 6.85. The zero-order valence-corrected chi connectivity index (χ0v) is 19.1. The zero-order chi connectivity index (χ0) is 20.6. The van der Waals surface area contributed by atoms with Gasteiger partial charge in [0.05, 0.1) is 0 Å².